The summed E-state index contributed by atoms with van der Waals surface area (Å²) in [5, 5.41) is 1.85. The zero-order valence-electron chi connectivity index (χ0n) is 38.0. The van der Waals surface area contributed by atoms with Crippen molar-refractivity contribution in [2.75, 3.05) is 0 Å². The molecule has 1 aromatic heterocycles. The molecule has 0 atom stereocenters. The van der Waals surface area contributed by atoms with Crippen LogP contribution in [-0.4, -0.2) is 18.2 Å². The van der Waals surface area contributed by atoms with E-state index in [1.807, 2.05) is 48.5 Å². The molecule has 0 spiro atoms. The second-order valence-corrected chi connectivity index (χ2v) is 17.0. The third-order valence-electron chi connectivity index (χ3n) is 11.9. The normalized spacial score (nSPS) is 13.3. The third-order valence-corrected chi connectivity index (χ3v) is 11.9. The fourth-order valence-electron chi connectivity index (χ4n) is 8.49. The van der Waals surface area contributed by atoms with Crippen LogP contribution in [-0.2, 0) is 56.0 Å². The number of Topliss-reactive ketones (excluding diaryl/α,β-unsaturated/α-hetero) is 1. The van der Waals surface area contributed by atoms with Crippen LogP contribution < -0.4 is 26.4 Å². The Labute approximate surface area is 421 Å². The summed E-state index contributed by atoms with van der Waals surface area (Å²) in [6, 6.07) is 9.86. The fourth-order valence-corrected chi connectivity index (χ4v) is 8.49. The molecule has 0 aliphatic rings. The minimum absolute atomic E-state index is 0.0148. The fraction of sp³-hybridized carbons (Fsp3) is 0.180. The highest BCUT2D eigenvalue weighted by atomic mass is 19.4. The van der Waals surface area contributed by atoms with Gasteiger partial charge >= 0.3 is 49.4 Å². The number of carbonyl (C=O) groups excluding carboxylic acids is 2. The Morgan fingerprint density at radius 1 is 0.372 bits per heavy atom. The number of pyridine rings is 1. The van der Waals surface area contributed by atoms with Crippen molar-refractivity contribution in [1.29, 1.82) is 0 Å². The van der Waals surface area contributed by atoms with E-state index < -0.39 is 195 Å². The number of aldehydes is 1. The molecule has 7 aromatic rings. The van der Waals surface area contributed by atoms with Crippen molar-refractivity contribution < 1.29 is 120 Å². The molecule has 0 fully saturated rings. The predicted molar refractivity (Wildman–Crippen MR) is 230 cm³/mol. The second-order valence-electron chi connectivity index (χ2n) is 17.0. The number of aromatic nitrogens is 1. The van der Waals surface area contributed by atoms with Crippen LogP contribution in [0.3, 0.4) is 0 Å². The van der Waals surface area contributed by atoms with Crippen LogP contribution in [0.2, 0.25) is 0 Å². The van der Waals surface area contributed by atoms with Crippen molar-refractivity contribution in [2.24, 2.45) is 0 Å². The molecule has 0 saturated heterocycles. The molecule has 1 heterocycles. The summed E-state index contributed by atoms with van der Waals surface area (Å²) in [6.07, 6.45) is -52.2. The molecule has 0 aliphatic carbocycles. The van der Waals surface area contributed by atoms with Gasteiger partial charge in [0.15, 0.2) is 6.20 Å². The smallest absolute Gasteiger partial charge is 0.291 e. The lowest BCUT2D eigenvalue weighted by Crippen LogP contribution is -2.75. The highest BCUT2D eigenvalue weighted by molar-refractivity contribution is 7.20. The Morgan fingerprint density at radius 2 is 0.641 bits per heavy atom. The third kappa shape index (κ3) is 13.1. The number of benzene rings is 6. The van der Waals surface area contributed by atoms with E-state index in [1.54, 1.807) is 22.9 Å². The maximum atomic E-state index is 14.2. The predicted octanol–water partition coefficient (Wildman–Crippen LogP) is 14.0. The summed E-state index contributed by atoms with van der Waals surface area (Å²) >= 11 is 0. The van der Waals surface area contributed by atoms with E-state index in [-0.39, 0.29) is 12.3 Å². The second kappa shape index (κ2) is 20.7. The van der Waals surface area contributed by atoms with Gasteiger partial charge < -0.3 is 0 Å². The molecular formula is C50H26BF24NO2. The van der Waals surface area contributed by atoms with Crippen LogP contribution in [0.4, 0.5) is 105 Å². The van der Waals surface area contributed by atoms with Gasteiger partial charge in [-0.25, -0.2) is 0 Å². The van der Waals surface area contributed by atoms with Crippen molar-refractivity contribution in [1.82, 2.24) is 0 Å². The minimum Gasteiger partial charge on any atom is -0.291 e. The zero-order chi connectivity index (χ0) is 58.6. The Kier molecular flexibility index (Phi) is 15.8. The van der Waals surface area contributed by atoms with Crippen LogP contribution in [0.15, 0.2) is 140 Å². The average Bonchev–Trinajstić information content (AvgIpc) is 3.32. The Hall–Kier alpha value is -7.55. The molecular weight excluding hydrogens is 1110 g/mol. The lowest BCUT2D eigenvalue weighted by molar-refractivity contribution is -0.683. The van der Waals surface area contributed by atoms with Crippen molar-refractivity contribution in [3.05, 3.63) is 195 Å². The van der Waals surface area contributed by atoms with Crippen LogP contribution in [0.5, 0.6) is 0 Å². The maximum absolute atomic E-state index is 14.2. The first-order valence-electron chi connectivity index (χ1n) is 21.4. The number of alkyl halides is 24. The summed E-state index contributed by atoms with van der Waals surface area (Å²) in [7, 11) is 0. The van der Waals surface area contributed by atoms with Gasteiger partial charge in [-0.3, -0.25) is 9.59 Å². The van der Waals surface area contributed by atoms with Gasteiger partial charge in [-0.15, -0.1) is 0 Å². The molecule has 0 amide bonds. The number of carbonyl (C=O) groups is 2. The quantitative estimate of drug-likeness (QED) is 0.0500. The first-order chi connectivity index (χ1) is 35.6. The molecule has 0 aliphatic heterocycles. The van der Waals surface area contributed by atoms with Crippen LogP contribution in [0.1, 0.15) is 65.4 Å². The number of hydrogen-bond donors (Lipinski definition) is 0. The monoisotopic (exact) mass is 1140 g/mol. The van der Waals surface area contributed by atoms with Crippen LogP contribution >= 0.6 is 0 Å². The maximum Gasteiger partial charge on any atom is 0.416 e. The summed E-state index contributed by atoms with van der Waals surface area (Å²) in [5.74, 6) is -0.0148. The van der Waals surface area contributed by atoms with E-state index in [4.69, 9.17) is 0 Å². The van der Waals surface area contributed by atoms with Gasteiger partial charge in [-0.2, -0.15) is 132 Å². The number of nitrogens with zero attached hydrogens (tertiary/aromatic N) is 1. The van der Waals surface area contributed by atoms with E-state index in [9.17, 15) is 115 Å². The van der Waals surface area contributed by atoms with Crippen LogP contribution in [0, 0.1) is 0 Å². The first-order valence-corrected chi connectivity index (χ1v) is 21.4. The number of hydrogen-bond acceptors (Lipinski definition) is 2. The van der Waals surface area contributed by atoms with Gasteiger partial charge in [0.1, 0.15) is 6.15 Å². The van der Waals surface area contributed by atoms with Gasteiger partial charge in [-0.1, -0.05) is 97.1 Å². The number of rotatable bonds is 8. The van der Waals surface area contributed by atoms with Crippen molar-refractivity contribution >= 4 is 50.8 Å². The Morgan fingerprint density at radius 3 is 0.910 bits per heavy atom. The highest BCUT2D eigenvalue weighted by Gasteiger charge is 2.47. The number of fused-ring (bicyclic) bond motifs is 1. The first kappa shape index (κ1) is 59.7. The SMILES string of the molecule is FC(F)(F)c1cc([B-](c2cc(C(F)(F)F)cc(C(F)(F)F)c2)(c2cc(C(F)(F)F)cc(C(F)(F)F)c2)c2cc(C(F)(F)F)cc(C(F)(F)F)c2)cc(C(F)(F)F)c1.O=Cc1c2ccccc2cc[n+]1CC(=O)c1ccccc1. The molecule has 7 rings (SSSR count). The van der Waals surface area contributed by atoms with E-state index in [1.165, 1.54) is 0 Å². The minimum atomic E-state index is -6.13. The van der Waals surface area contributed by atoms with Crippen LogP contribution in [0.25, 0.3) is 10.8 Å². The van der Waals surface area contributed by atoms with Gasteiger partial charge in [0.05, 0.1) is 49.9 Å². The molecule has 28 heteroatoms. The van der Waals surface area contributed by atoms with Crippen molar-refractivity contribution in [3.63, 3.8) is 0 Å². The summed E-state index contributed by atoms with van der Waals surface area (Å²) < 4.78 is 343. The Balaban J connectivity index is 0.000000387. The van der Waals surface area contributed by atoms with Crippen molar-refractivity contribution in [3.8, 4) is 0 Å². The molecule has 0 N–H and O–H groups in total. The van der Waals surface area contributed by atoms with Gasteiger partial charge in [0, 0.05) is 11.6 Å². The van der Waals surface area contributed by atoms with Gasteiger partial charge in [-0.05, 0) is 35.7 Å². The molecule has 0 saturated carbocycles. The molecule has 0 radical (unpaired) electrons. The van der Waals surface area contributed by atoms with E-state index in [2.05, 4.69) is 0 Å². The zero-order valence-corrected chi connectivity index (χ0v) is 38.0. The molecule has 6 aromatic carbocycles. The number of ketones is 1. The van der Waals surface area contributed by atoms with Gasteiger partial charge in [0.2, 0.25) is 18.6 Å². The topological polar surface area (TPSA) is 38.0 Å². The standard InChI is InChI=1S/C32H12BF24.C18H14NO2/c34-25(35,36)13-1-14(26(37,38)39)6-21(5-13)33(22-7-15(27(40,41)42)2-16(8-22)28(43,44)45,23-9-17(29(46,47)48)3-18(10-23)30(49,50)51)24-11-19(31(52,53)54)4-20(12-24)32(55,56)57;20-13-17-16-9-5-4-6-14(16)10-11-19(17)12-18(21)15-7-2-1-3-8-15/h1-12H;1-11,13H,12H2/q-1;+1. The lowest BCUT2D eigenvalue weighted by Gasteiger charge is -2.46. The number of halogens is 24. The Bertz CT molecular complexity index is 2930. The summed E-state index contributed by atoms with van der Waals surface area (Å²) in [4.78, 5) is 23.7. The van der Waals surface area contributed by atoms with E-state index in [0.29, 0.717) is 11.3 Å². The molecule has 0 bridgehead atoms. The molecule has 78 heavy (non-hydrogen) atoms. The summed E-state index contributed by atoms with van der Waals surface area (Å²) in [6.45, 7) is 0.156. The molecule has 414 valence electrons. The molecule has 0 unspecified atom stereocenters. The lowest BCUT2D eigenvalue weighted by atomic mass is 9.12. The van der Waals surface area contributed by atoms with E-state index >= 15 is 0 Å². The molecule has 3 nitrogen and oxygen atoms in total. The van der Waals surface area contributed by atoms with Gasteiger partial charge in [0.25, 0.3) is 5.69 Å². The van der Waals surface area contributed by atoms with E-state index in [0.717, 1.165) is 17.1 Å². The van der Waals surface area contributed by atoms with Crippen molar-refractivity contribution in [2.45, 2.75) is 56.0 Å². The highest BCUT2D eigenvalue weighted by Crippen LogP contribution is 2.41. The summed E-state index contributed by atoms with van der Waals surface area (Å²) in [5.41, 5.74) is -29.0. The largest absolute Gasteiger partial charge is 0.416 e. The average molecular weight is 1140 g/mol.